The van der Waals surface area contributed by atoms with Gasteiger partial charge in [-0.3, -0.25) is 4.79 Å². The molecule has 6 nitrogen and oxygen atoms in total. The van der Waals surface area contributed by atoms with Gasteiger partial charge in [0.1, 0.15) is 18.1 Å². The van der Waals surface area contributed by atoms with Gasteiger partial charge in [-0.05, 0) is 42.3 Å². The van der Waals surface area contributed by atoms with Gasteiger partial charge in [-0.2, -0.15) is 0 Å². The molecule has 0 heterocycles. The highest BCUT2D eigenvalue weighted by Gasteiger charge is 2.10. The molecule has 0 fully saturated rings. The van der Waals surface area contributed by atoms with Crippen molar-refractivity contribution < 1.29 is 28.5 Å². The van der Waals surface area contributed by atoms with Crippen molar-refractivity contribution in [2.24, 2.45) is 0 Å². The highest BCUT2D eigenvalue weighted by molar-refractivity contribution is 5.70. The van der Waals surface area contributed by atoms with Crippen LogP contribution in [0.25, 0.3) is 0 Å². The second-order valence-electron chi connectivity index (χ2n) is 5.53. The first kappa shape index (κ1) is 19.4. The summed E-state index contributed by atoms with van der Waals surface area (Å²) in [4.78, 5) is 12.1. The fourth-order valence-corrected chi connectivity index (χ4v) is 2.51. The van der Waals surface area contributed by atoms with E-state index in [9.17, 15) is 4.79 Å². The number of hydrogen-bond acceptors (Lipinski definition) is 6. The van der Waals surface area contributed by atoms with Crippen LogP contribution in [0.15, 0.2) is 36.4 Å². The van der Waals surface area contributed by atoms with Crippen LogP contribution < -0.4 is 18.9 Å². The SMILES string of the molecule is COc1ccc(OC)c(COC(=O)CCc2ccc(OC)c(OC)c2)c1. The van der Waals surface area contributed by atoms with Crippen molar-refractivity contribution in [3.05, 3.63) is 47.5 Å². The fraction of sp³-hybridized carbons (Fsp3) is 0.350. The van der Waals surface area contributed by atoms with Crippen molar-refractivity contribution in [3.8, 4) is 23.0 Å². The van der Waals surface area contributed by atoms with Gasteiger partial charge in [0.15, 0.2) is 11.5 Å². The zero-order chi connectivity index (χ0) is 18.9. The van der Waals surface area contributed by atoms with E-state index in [0.717, 1.165) is 11.1 Å². The fourth-order valence-electron chi connectivity index (χ4n) is 2.51. The second kappa shape index (κ2) is 9.56. The lowest BCUT2D eigenvalue weighted by molar-refractivity contribution is -0.144. The van der Waals surface area contributed by atoms with Gasteiger partial charge in [0.2, 0.25) is 0 Å². The second-order valence-corrected chi connectivity index (χ2v) is 5.53. The Morgan fingerprint density at radius 2 is 1.50 bits per heavy atom. The maximum Gasteiger partial charge on any atom is 0.306 e. The summed E-state index contributed by atoms with van der Waals surface area (Å²) in [6.07, 6.45) is 0.816. The molecular weight excluding hydrogens is 336 g/mol. The molecule has 0 amide bonds. The predicted octanol–water partition coefficient (Wildman–Crippen LogP) is 3.40. The minimum absolute atomic E-state index is 0.130. The molecule has 0 aromatic heterocycles. The molecule has 0 aliphatic heterocycles. The first-order valence-corrected chi connectivity index (χ1v) is 8.18. The van der Waals surface area contributed by atoms with E-state index in [1.807, 2.05) is 18.2 Å². The van der Waals surface area contributed by atoms with Crippen molar-refractivity contribution in [2.45, 2.75) is 19.4 Å². The van der Waals surface area contributed by atoms with Gasteiger partial charge in [-0.25, -0.2) is 0 Å². The third-order valence-electron chi connectivity index (χ3n) is 3.94. The minimum Gasteiger partial charge on any atom is -0.497 e. The number of carbonyl (C=O) groups excluding carboxylic acids is 1. The van der Waals surface area contributed by atoms with Crippen LogP contribution in [0, 0.1) is 0 Å². The number of methoxy groups -OCH3 is 4. The smallest absolute Gasteiger partial charge is 0.306 e. The van der Waals surface area contributed by atoms with Crippen molar-refractivity contribution in [3.63, 3.8) is 0 Å². The zero-order valence-electron chi connectivity index (χ0n) is 15.5. The van der Waals surface area contributed by atoms with Gasteiger partial charge in [-0.15, -0.1) is 0 Å². The molecule has 0 saturated carbocycles. The van der Waals surface area contributed by atoms with Gasteiger partial charge in [0, 0.05) is 12.0 Å². The third kappa shape index (κ3) is 5.05. The van der Waals surface area contributed by atoms with E-state index in [0.29, 0.717) is 29.4 Å². The lowest BCUT2D eigenvalue weighted by Gasteiger charge is -2.11. The number of rotatable bonds is 9. The predicted molar refractivity (Wildman–Crippen MR) is 97.2 cm³/mol. The summed E-state index contributed by atoms with van der Waals surface area (Å²) in [6.45, 7) is 0.130. The Balaban J connectivity index is 1.91. The Labute approximate surface area is 153 Å². The van der Waals surface area contributed by atoms with Crippen molar-refractivity contribution in [1.29, 1.82) is 0 Å². The van der Waals surface area contributed by atoms with Crippen LogP contribution in [0.4, 0.5) is 0 Å². The van der Waals surface area contributed by atoms with E-state index >= 15 is 0 Å². The van der Waals surface area contributed by atoms with E-state index in [-0.39, 0.29) is 19.0 Å². The molecule has 2 rings (SSSR count). The van der Waals surface area contributed by atoms with Crippen LogP contribution in [0.5, 0.6) is 23.0 Å². The van der Waals surface area contributed by atoms with E-state index in [1.165, 1.54) is 0 Å². The van der Waals surface area contributed by atoms with E-state index in [4.69, 9.17) is 23.7 Å². The summed E-state index contributed by atoms with van der Waals surface area (Å²) in [5.41, 5.74) is 1.73. The van der Waals surface area contributed by atoms with Crippen molar-refractivity contribution in [2.75, 3.05) is 28.4 Å². The van der Waals surface area contributed by atoms with Crippen LogP contribution in [-0.2, 0) is 22.6 Å². The lowest BCUT2D eigenvalue weighted by atomic mass is 10.1. The summed E-state index contributed by atoms with van der Waals surface area (Å²) in [7, 11) is 6.32. The summed E-state index contributed by atoms with van der Waals surface area (Å²) in [6, 6.07) is 10.9. The van der Waals surface area contributed by atoms with Gasteiger partial charge in [0.05, 0.1) is 28.4 Å². The normalized spacial score (nSPS) is 10.2. The number of carbonyl (C=O) groups is 1. The molecule has 0 unspecified atom stereocenters. The summed E-state index contributed by atoms with van der Waals surface area (Å²) in [5.74, 6) is 2.34. The molecule has 0 aliphatic rings. The van der Waals surface area contributed by atoms with Gasteiger partial charge < -0.3 is 23.7 Å². The highest BCUT2D eigenvalue weighted by atomic mass is 16.5. The van der Waals surface area contributed by atoms with Crippen molar-refractivity contribution >= 4 is 5.97 Å². The first-order chi connectivity index (χ1) is 12.6. The molecule has 0 aliphatic carbocycles. The van der Waals surface area contributed by atoms with Crippen LogP contribution in [0.2, 0.25) is 0 Å². The average Bonchev–Trinajstić information content (AvgIpc) is 2.69. The number of benzene rings is 2. The molecule has 0 saturated heterocycles. The molecule has 0 radical (unpaired) electrons. The quantitative estimate of drug-likeness (QED) is 0.639. The van der Waals surface area contributed by atoms with Crippen LogP contribution >= 0.6 is 0 Å². The molecule has 0 bridgehead atoms. The molecule has 140 valence electrons. The maximum atomic E-state index is 12.1. The molecule has 0 N–H and O–H groups in total. The largest absolute Gasteiger partial charge is 0.497 e. The van der Waals surface area contributed by atoms with Crippen LogP contribution in [-0.4, -0.2) is 34.4 Å². The van der Waals surface area contributed by atoms with E-state index < -0.39 is 0 Å². The molecule has 2 aromatic rings. The first-order valence-electron chi connectivity index (χ1n) is 8.18. The Hall–Kier alpha value is -2.89. The summed E-state index contributed by atoms with van der Waals surface area (Å²) in [5, 5.41) is 0. The maximum absolute atomic E-state index is 12.1. The van der Waals surface area contributed by atoms with E-state index in [2.05, 4.69) is 0 Å². The molecule has 0 spiro atoms. The Kier molecular flexibility index (Phi) is 7.14. The van der Waals surface area contributed by atoms with Crippen LogP contribution in [0.1, 0.15) is 17.5 Å². The van der Waals surface area contributed by atoms with Crippen molar-refractivity contribution in [1.82, 2.24) is 0 Å². The third-order valence-corrected chi connectivity index (χ3v) is 3.94. The lowest BCUT2D eigenvalue weighted by Crippen LogP contribution is -2.07. The number of hydrogen-bond donors (Lipinski definition) is 0. The van der Waals surface area contributed by atoms with Crippen LogP contribution in [0.3, 0.4) is 0 Å². The molecule has 0 atom stereocenters. The monoisotopic (exact) mass is 360 g/mol. The Bertz CT molecular complexity index is 741. The molecular formula is C20H24O6. The summed E-state index contributed by atoms with van der Waals surface area (Å²) >= 11 is 0. The number of ether oxygens (including phenoxy) is 5. The zero-order valence-corrected chi connectivity index (χ0v) is 15.5. The van der Waals surface area contributed by atoms with E-state index in [1.54, 1.807) is 46.6 Å². The highest BCUT2D eigenvalue weighted by Crippen LogP contribution is 2.28. The molecule has 26 heavy (non-hydrogen) atoms. The molecule has 6 heteroatoms. The number of aryl methyl sites for hydroxylation is 1. The Morgan fingerprint density at radius 1 is 0.808 bits per heavy atom. The van der Waals surface area contributed by atoms with Gasteiger partial charge in [-0.1, -0.05) is 6.07 Å². The van der Waals surface area contributed by atoms with Gasteiger partial charge in [0.25, 0.3) is 0 Å². The standard InChI is InChI=1S/C20H24O6/c1-22-16-7-9-17(23-2)15(12-16)13-26-20(21)10-6-14-5-8-18(24-3)19(11-14)25-4/h5,7-9,11-12H,6,10,13H2,1-4H3. The average molecular weight is 360 g/mol. The number of esters is 1. The Morgan fingerprint density at radius 3 is 2.15 bits per heavy atom. The molecule has 2 aromatic carbocycles. The minimum atomic E-state index is -0.287. The van der Waals surface area contributed by atoms with Gasteiger partial charge >= 0.3 is 5.97 Å². The topological polar surface area (TPSA) is 63.2 Å². The summed E-state index contributed by atoms with van der Waals surface area (Å²) < 4.78 is 26.3.